The zero-order chi connectivity index (χ0) is 9.84. The number of halogens is 3. The highest BCUT2D eigenvalue weighted by Gasteiger charge is 2.08. The summed E-state index contributed by atoms with van der Waals surface area (Å²) in [6.45, 7) is -3.04. The Hall–Kier alpha value is -1.59. The average molecular weight is 191 g/mol. The van der Waals surface area contributed by atoms with Crippen LogP contribution in [0.5, 0.6) is 5.75 Å². The van der Waals surface area contributed by atoms with Crippen LogP contribution in [0.15, 0.2) is 12.3 Å². The van der Waals surface area contributed by atoms with Crippen LogP contribution < -0.4 is 4.74 Å². The lowest BCUT2D eigenvalue weighted by Crippen LogP contribution is -2.03. The molecule has 0 bridgehead atoms. The summed E-state index contributed by atoms with van der Waals surface area (Å²) in [6, 6.07) is 0.670. The van der Waals surface area contributed by atoms with E-state index in [0.29, 0.717) is 6.07 Å². The Morgan fingerprint density at radius 1 is 1.54 bits per heavy atom. The van der Waals surface area contributed by atoms with E-state index in [1.54, 1.807) is 0 Å². The fraction of sp³-hybridized carbons (Fsp3) is 0.143. The van der Waals surface area contributed by atoms with E-state index in [2.05, 4.69) is 9.72 Å². The number of pyridine rings is 1. The molecular formula is C7H4F3NO2. The van der Waals surface area contributed by atoms with Gasteiger partial charge in [-0.25, -0.2) is 9.37 Å². The molecule has 0 saturated heterocycles. The molecule has 0 saturated carbocycles. The molecule has 0 aliphatic rings. The van der Waals surface area contributed by atoms with Gasteiger partial charge in [0.05, 0.1) is 6.20 Å². The molecule has 0 radical (unpaired) electrons. The van der Waals surface area contributed by atoms with Gasteiger partial charge in [-0.3, -0.25) is 4.79 Å². The minimum Gasteiger partial charge on any atom is -0.433 e. The number of alkyl halides is 2. The van der Waals surface area contributed by atoms with Crippen molar-refractivity contribution in [2.45, 2.75) is 6.61 Å². The van der Waals surface area contributed by atoms with Gasteiger partial charge in [0, 0.05) is 6.07 Å². The first-order valence-electron chi connectivity index (χ1n) is 3.19. The second-order valence-electron chi connectivity index (χ2n) is 2.03. The highest BCUT2D eigenvalue weighted by atomic mass is 19.3. The van der Waals surface area contributed by atoms with Gasteiger partial charge < -0.3 is 4.74 Å². The minimum atomic E-state index is -3.04. The molecule has 0 amide bonds. The molecule has 0 aromatic carbocycles. The smallest absolute Gasteiger partial charge is 0.387 e. The van der Waals surface area contributed by atoms with E-state index < -0.39 is 23.9 Å². The van der Waals surface area contributed by atoms with Crippen molar-refractivity contribution in [3.8, 4) is 5.75 Å². The van der Waals surface area contributed by atoms with E-state index >= 15 is 0 Å². The van der Waals surface area contributed by atoms with Crippen LogP contribution in [0.3, 0.4) is 0 Å². The number of carbonyl (C=O) groups excluding carboxylic acids is 1. The fourth-order valence-electron chi connectivity index (χ4n) is 0.685. The van der Waals surface area contributed by atoms with Crippen molar-refractivity contribution in [2.24, 2.45) is 0 Å². The maximum atomic E-state index is 12.7. The van der Waals surface area contributed by atoms with Crippen LogP contribution in [0, 0.1) is 5.82 Å². The maximum absolute atomic E-state index is 12.7. The van der Waals surface area contributed by atoms with Gasteiger partial charge in [-0.15, -0.1) is 0 Å². The Morgan fingerprint density at radius 2 is 2.23 bits per heavy atom. The maximum Gasteiger partial charge on any atom is 0.387 e. The van der Waals surface area contributed by atoms with E-state index in [-0.39, 0.29) is 6.29 Å². The van der Waals surface area contributed by atoms with Crippen LogP contribution in [0.4, 0.5) is 13.2 Å². The van der Waals surface area contributed by atoms with Crippen LogP contribution in [0.25, 0.3) is 0 Å². The monoisotopic (exact) mass is 191 g/mol. The molecular weight excluding hydrogens is 187 g/mol. The number of rotatable bonds is 3. The van der Waals surface area contributed by atoms with Crippen LogP contribution in [0.1, 0.15) is 10.5 Å². The number of hydrogen-bond donors (Lipinski definition) is 0. The Labute approximate surface area is 71.2 Å². The van der Waals surface area contributed by atoms with E-state index in [1.807, 2.05) is 0 Å². The van der Waals surface area contributed by atoms with Crippen LogP contribution in [-0.4, -0.2) is 17.9 Å². The third-order valence-corrected chi connectivity index (χ3v) is 1.18. The molecule has 0 spiro atoms. The molecule has 1 aromatic rings. The third-order valence-electron chi connectivity index (χ3n) is 1.18. The van der Waals surface area contributed by atoms with Crippen molar-refractivity contribution in [1.82, 2.24) is 4.98 Å². The standard InChI is InChI=1S/C7H4F3NO2/c8-5-1-4(13-7(9)10)2-11-6(5)3-12/h1-3,7H. The van der Waals surface area contributed by atoms with Gasteiger partial charge in [-0.1, -0.05) is 0 Å². The topological polar surface area (TPSA) is 39.2 Å². The minimum absolute atomic E-state index is 0.182. The van der Waals surface area contributed by atoms with Crippen LogP contribution in [0.2, 0.25) is 0 Å². The van der Waals surface area contributed by atoms with Crippen LogP contribution >= 0.6 is 0 Å². The molecule has 0 N–H and O–H groups in total. The number of aldehydes is 1. The molecule has 1 heterocycles. The molecule has 0 unspecified atom stereocenters. The number of aromatic nitrogens is 1. The van der Waals surface area contributed by atoms with E-state index in [0.717, 1.165) is 6.20 Å². The van der Waals surface area contributed by atoms with Gasteiger partial charge in [0.1, 0.15) is 11.4 Å². The van der Waals surface area contributed by atoms with E-state index in [1.165, 1.54) is 0 Å². The lowest BCUT2D eigenvalue weighted by molar-refractivity contribution is -0.0502. The largest absolute Gasteiger partial charge is 0.433 e. The normalized spacial score (nSPS) is 10.2. The summed E-state index contributed by atoms with van der Waals surface area (Å²) in [5.74, 6) is -1.41. The van der Waals surface area contributed by atoms with Gasteiger partial charge in [0.2, 0.25) is 0 Å². The van der Waals surface area contributed by atoms with E-state index in [9.17, 15) is 18.0 Å². The number of hydrogen-bond acceptors (Lipinski definition) is 3. The second-order valence-corrected chi connectivity index (χ2v) is 2.03. The summed E-state index contributed by atoms with van der Waals surface area (Å²) in [5, 5.41) is 0. The highest BCUT2D eigenvalue weighted by Crippen LogP contribution is 2.14. The fourth-order valence-corrected chi connectivity index (χ4v) is 0.685. The van der Waals surface area contributed by atoms with Gasteiger partial charge in [-0.2, -0.15) is 8.78 Å². The highest BCUT2D eigenvalue weighted by molar-refractivity contribution is 5.72. The molecule has 1 rings (SSSR count). The van der Waals surface area contributed by atoms with Gasteiger partial charge in [0.15, 0.2) is 12.1 Å². The van der Waals surface area contributed by atoms with Gasteiger partial charge >= 0.3 is 6.61 Å². The predicted octanol–water partition coefficient (Wildman–Crippen LogP) is 1.63. The first kappa shape index (κ1) is 9.50. The summed E-state index contributed by atoms with van der Waals surface area (Å²) in [7, 11) is 0. The molecule has 0 aliphatic carbocycles. The zero-order valence-corrected chi connectivity index (χ0v) is 6.21. The third kappa shape index (κ3) is 2.43. The van der Waals surface area contributed by atoms with Crippen molar-refractivity contribution in [3.63, 3.8) is 0 Å². The Bertz CT molecular complexity index is 317. The summed E-state index contributed by atoms with van der Waals surface area (Å²) in [4.78, 5) is 13.3. The molecule has 0 fully saturated rings. The molecule has 1 aromatic heterocycles. The van der Waals surface area contributed by atoms with Crippen LogP contribution in [-0.2, 0) is 0 Å². The lowest BCUT2D eigenvalue weighted by atomic mass is 10.3. The Kier molecular flexibility index (Phi) is 2.84. The molecule has 0 atom stereocenters. The quantitative estimate of drug-likeness (QED) is 0.681. The number of carbonyl (C=O) groups is 1. The SMILES string of the molecule is O=Cc1ncc(OC(F)F)cc1F. The molecule has 0 aliphatic heterocycles. The molecule has 70 valence electrons. The summed E-state index contributed by atoms with van der Waals surface area (Å²) in [6.07, 6.45) is 1.03. The van der Waals surface area contributed by atoms with Crippen molar-refractivity contribution >= 4 is 6.29 Å². The Morgan fingerprint density at radius 3 is 2.69 bits per heavy atom. The Balaban J connectivity index is 2.89. The predicted molar refractivity (Wildman–Crippen MR) is 36.2 cm³/mol. The zero-order valence-electron chi connectivity index (χ0n) is 6.21. The molecule has 13 heavy (non-hydrogen) atoms. The van der Waals surface area contributed by atoms with Gasteiger partial charge in [-0.05, 0) is 0 Å². The van der Waals surface area contributed by atoms with Crippen molar-refractivity contribution in [2.75, 3.05) is 0 Å². The first-order chi connectivity index (χ1) is 6.13. The second kappa shape index (κ2) is 3.88. The number of nitrogens with zero attached hydrogens (tertiary/aromatic N) is 1. The summed E-state index contributed by atoms with van der Waals surface area (Å²) >= 11 is 0. The van der Waals surface area contributed by atoms with Crippen molar-refractivity contribution in [1.29, 1.82) is 0 Å². The average Bonchev–Trinajstić information content (AvgIpc) is 2.03. The number of ether oxygens (including phenoxy) is 1. The van der Waals surface area contributed by atoms with Crippen molar-refractivity contribution in [3.05, 3.63) is 23.8 Å². The summed E-state index contributed by atoms with van der Waals surface area (Å²) < 4.78 is 39.7. The molecule has 6 heteroatoms. The van der Waals surface area contributed by atoms with Gasteiger partial charge in [0.25, 0.3) is 0 Å². The van der Waals surface area contributed by atoms with Crippen molar-refractivity contribution < 1.29 is 22.7 Å². The lowest BCUT2D eigenvalue weighted by Gasteiger charge is -2.03. The first-order valence-corrected chi connectivity index (χ1v) is 3.19. The van der Waals surface area contributed by atoms with E-state index in [4.69, 9.17) is 0 Å². The summed E-state index contributed by atoms with van der Waals surface area (Å²) in [5.41, 5.74) is -0.443. The molecule has 3 nitrogen and oxygen atoms in total.